The third-order valence-corrected chi connectivity index (χ3v) is 5.26. The van der Waals surface area contributed by atoms with E-state index in [1.807, 2.05) is 0 Å². The summed E-state index contributed by atoms with van der Waals surface area (Å²) >= 11 is 5.74. The Hall–Kier alpha value is -3.92. The van der Waals surface area contributed by atoms with Crippen molar-refractivity contribution in [3.8, 4) is 11.5 Å². The largest absolute Gasteiger partial charge is 0.436 e. The Morgan fingerprint density at radius 1 is 1.15 bits per heavy atom. The Balaban J connectivity index is 1.31. The van der Waals surface area contributed by atoms with Gasteiger partial charge in [-0.05, 0) is 23.8 Å². The fourth-order valence-corrected chi connectivity index (χ4v) is 3.53. The molecule has 0 aliphatic heterocycles. The molecule has 0 bridgehead atoms. The molecular formula is C22H13ClF3N5O2. The first-order valence-corrected chi connectivity index (χ1v) is 9.99. The van der Waals surface area contributed by atoms with E-state index < -0.39 is 16.8 Å². The quantitative estimate of drug-likeness (QED) is 0.392. The van der Waals surface area contributed by atoms with E-state index in [9.17, 15) is 18.0 Å². The average molecular weight is 472 g/mol. The maximum atomic E-state index is 13.1. The molecule has 0 saturated heterocycles. The second kappa shape index (κ2) is 7.89. The van der Waals surface area contributed by atoms with Crippen molar-refractivity contribution in [3.63, 3.8) is 0 Å². The number of hydrogen-bond acceptors (Lipinski definition) is 5. The summed E-state index contributed by atoms with van der Waals surface area (Å²) in [6, 6.07) is 8.90. The first kappa shape index (κ1) is 21.0. The molecule has 3 aromatic heterocycles. The molecule has 1 amide bonds. The van der Waals surface area contributed by atoms with E-state index in [1.165, 1.54) is 6.20 Å². The summed E-state index contributed by atoms with van der Waals surface area (Å²) in [6.45, 7) is 0.263. The van der Waals surface area contributed by atoms with Gasteiger partial charge in [-0.1, -0.05) is 23.7 Å². The van der Waals surface area contributed by atoms with Gasteiger partial charge in [0, 0.05) is 43.0 Å². The van der Waals surface area contributed by atoms with E-state index in [0.29, 0.717) is 16.9 Å². The predicted molar refractivity (Wildman–Crippen MR) is 114 cm³/mol. The summed E-state index contributed by atoms with van der Waals surface area (Å²) in [5, 5.41) is 2.35. The fourth-order valence-electron chi connectivity index (χ4n) is 3.27. The molecule has 0 saturated carbocycles. The SMILES string of the molecule is O=C(NCc1ccc(-c2nc3cc(C(F)(F)F)c(Cl)cc3o2)cc1)c1cnc2nccn2c1. The zero-order valence-corrected chi connectivity index (χ0v) is 17.4. The maximum Gasteiger partial charge on any atom is 0.417 e. The summed E-state index contributed by atoms with van der Waals surface area (Å²) in [7, 11) is 0. The molecule has 0 spiro atoms. The molecule has 7 nitrogen and oxygen atoms in total. The van der Waals surface area contributed by atoms with E-state index in [2.05, 4.69) is 20.3 Å². The normalized spacial score (nSPS) is 11.9. The molecule has 0 unspecified atom stereocenters. The highest BCUT2D eigenvalue weighted by Gasteiger charge is 2.34. The van der Waals surface area contributed by atoms with Gasteiger partial charge >= 0.3 is 6.18 Å². The lowest BCUT2D eigenvalue weighted by Crippen LogP contribution is -2.23. The van der Waals surface area contributed by atoms with Gasteiger partial charge in [-0.2, -0.15) is 13.2 Å². The van der Waals surface area contributed by atoms with E-state index in [-0.39, 0.29) is 29.4 Å². The fraction of sp³-hybridized carbons (Fsp3) is 0.0909. The van der Waals surface area contributed by atoms with Crippen molar-refractivity contribution in [2.24, 2.45) is 0 Å². The molecule has 5 rings (SSSR count). The van der Waals surface area contributed by atoms with Crippen LogP contribution < -0.4 is 5.32 Å². The molecular weight excluding hydrogens is 459 g/mol. The number of nitrogens with zero attached hydrogens (tertiary/aromatic N) is 4. The Morgan fingerprint density at radius 3 is 2.70 bits per heavy atom. The van der Waals surface area contributed by atoms with E-state index in [1.54, 1.807) is 47.3 Å². The van der Waals surface area contributed by atoms with Crippen molar-refractivity contribution in [1.82, 2.24) is 24.7 Å². The van der Waals surface area contributed by atoms with Crippen LogP contribution in [0.25, 0.3) is 28.3 Å². The number of rotatable bonds is 4. The first-order valence-electron chi connectivity index (χ1n) is 9.61. The number of oxazole rings is 1. The highest BCUT2D eigenvalue weighted by Crippen LogP contribution is 2.38. The number of halogens is 4. The van der Waals surface area contributed by atoms with Crippen LogP contribution in [-0.4, -0.2) is 25.3 Å². The van der Waals surface area contributed by atoms with E-state index in [4.69, 9.17) is 16.0 Å². The van der Waals surface area contributed by atoms with Crippen molar-refractivity contribution >= 4 is 34.4 Å². The van der Waals surface area contributed by atoms with Crippen molar-refractivity contribution in [3.05, 3.63) is 82.9 Å². The van der Waals surface area contributed by atoms with Gasteiger partial charge in [-0.25, -0.2) is 15.0 Å². The van der Waals surface area contributed by atoms with Crippen LogP contribution in [0.2, 0.25) is 5.02 Å². The van der Waals surface area contributed by atoms with Crippen LogP contribution in [0.5, 0.6) is 0 Å². The van der Waals surface area contributed by atoms with Crippen molar-refractivity contribution in [1.29, 1.82) is 0 Å². The minimum absolute atomic E-state index is 0.0570. The highest BCUT2D eigenvalue weighted by molar-refractivity contribution is 6.32. The number of carbonyl (C=O) groups is 1. The van der Waals surface area contributed by atoms with Gasteiger partial charge in [-0.3, -0.25) is 9.20 Å². The third kappa shape index (κ3) is 4.12. The minimum atomic E-state index is -4.59. The molecule has 0 aliphatic carbocycles. The number of carbonyl (C=O) groups excluding carboxylic acids is 1. The Labute approximate surface area is 188 Å². The highest BCUT2D eigenvalue weighted by atomic mass is 35.5. The predicted octanol–water partition coefficient (Wildman–Crippen LogP) is 5.14. The Bertz CT molecular complexity index is 1490. The number of aromatic nitrogens is 4. The lowest BCUT2D eigenvalue weighted by molar-refractivity contribution is -0.137. The zero-order chi connectivity index (χ0) is 23.2. The Morgan fingerprint density at radius 2 is 1.94 bits per heavy atom. The topological polar surface area (TPSA) is 85.3 Å². The molecule has 11 heteroatoms. The standard InChI is InChI=1S/C22H13ClF3N5O2/c23-16-8-18-17(7-15(16)22(24,25)26)30-20(33-18)13-3-1-12(2-4-13)9-28-19(32)14-10-29-21-27-5-6-31(21)11-14/h1-8,10-11H,9H2,(H,28,32). The number of fused-ring (bicyclic) bond motifs is 2. The number of imidazole rings is 1. The van der Waals surface area contributed by atoms with Crippen LogP contribution in [0.4, 0.5) is 13.2 Å². The van der Waals surface area contributed by atoms with Gasteiger partial charge in [0.2, 0.25) is 11.7 Å². The molecule has 0 atom stereocenters. The maximum absolute atomic E-state index is 13.1. The molecule has 1 N–H and O–H groups in total. The monoisotopic (exact) mass is 471 g/mol. The summed E-state index contributed by atoms with van der Waals surface area (Å²) in [6.07, 6.45) is 1.78. The van der Waals surface area contributed by atoms with Gasteiger partial charge in [0.1, 0.15) is 5.52 Å². The lowest BCUT2D eigenvalue weighted by atomic mass is 10.1. The van der Waals surface area contributed by atoms with Crippen LogP contribution in [-0.2, 0) is 12.7 Å². The second-order valence-corrected chi connectivity index (χ2v) is 7.58. The molecule has 33 heavy (non-hydrogen) atoms. The summed E-state index contributed by atoms with van der Waals surface area (Å²) in [5.74, 6) is 0.368. The van der Waals surface area contributed by atoms with Crippen molar-refractivity contribution in [2.75, 3.05) is 0 Å². The van der Waals surface area contributed by atoms with Crippen LogP contribution in [0, 0.1) is 0 Å². The summed E-state index contributed by atoms with van der Waals surface area (Å²) < 4.78 is 46.4. The zero-order valence-electron chi connectivity index (χ0n) is 16.6. The number of benzene rings is 2. The molecule has 0 radical (unpaired) electrons. The minimum Gasteiger partial charge on any atom is -0.436 e. The summed E-state index contributed by atoms with van der Waals surface area (Å²) in [4.78, 5) is 24.7. The third-order valence-electron chi connectivity index (χ3n) is 4.94. The lowest BCUT2D eigenvalue weighted by Gasteiger charge is -2.07. The molecule has 166 valence electrons. The van der Waals surface area contributed by atoms with Crippen LogP contribution in [0.1, 0.15) is 21.5 Å². The average Bonchev–Trinajstić information content (AvgIpc) is 3.42. The van der Waals surface area contributed by atoms with Gasteiger partial charge in [0.05, 0.1) is 16.1 Å². The Kier molecular flexibility index (Phi) is 5.01. The molecule has 0 fully saturated rings. The van der Waals surface area contributed by atoms with Crippen LogP contribution in [0.15, 0.2) is 65.6 Å². The number of alkyl halides is 3. The van der Waals surface area contributed by atoms with E-state index in [0.717, 1.165) is 17.7 Å². The smallest absolute Gasteiger partial charge is 0.417 e. The molecule has 5 aromatic rings. The van der Waals surface area contributed by atoms with Crippen LogP contribution in [0.3, 0.4) is 0 Å². The van der Waals surface area contributed by atoms with E-state index >= 15 is 0 Å². The second-order valence-electron chi connectivity index (χ2n) is 7.17. The first-order chi connectivity index (χ1) is 15.8. The van der Waals surface area contributed by atoms with Gasteiger partial charge in [-0.15, -0.1) is 0 Å². The number of hydrogen-bond donors (Lipinski definition) is 1. The molecule has 0 aliphatic rings. The molecule has 2 aromatic carbocycles. The van der Waals surface area contributed by atoms with Crippen molar-refractivity contribution < 1.29 is 22.4 Å². The van der Waals surface area contributed by atoms with Gasteiger partial charge < -0.3 is 9.73 Å². The molecule has 3 heterocycles. The number of amides is 1. The van der Waals surface area contributed by atoms with Crippen LogP contribution >= 0.6 is 11.6 Å². The van der Waals surface area contributed by atoms with Gasteiger partial charge in [0.15, 0.2) is 5.58 Å². The summed E-state index contributed by atoms with van der Waals surface area (Å²) in [5.41, 5.74) is 1.01. The van der Waals surface area contributed by atoms with Gasteiger partial charge in [0.25, 0.3) is 5.91 Å². The van der Waals surface area contributed by atoms with Crippen molar-refractivity contribution in [2.45, 2.75) is 12.7 Å². The number of nitrogens with one attached hydrogen (secondary N) is 1.